The van der Waals surface area contributed by atoms with Crippen molar-refractivity contribution in [2.45, 2.75) is 0 Å². The molecule has 7 nitrogen and oxygen atoms in total. The van der Waals surface area contributed by atoms with Gasteiger partial charge in [0.2, 0.25) is 5.69 Å². The number of benzene rings is 10. The minimum atomic E-state index is 0.404. The molecule has 0 amide bonds. The van der Waals surface area contributed by atoms with Gasteiger partial charge in [0.1, 0.15) is 0 Å². The van der Waals surface area contributed by atoms with Crippen LogP contribution < -0.4 is 4.90 Å². The summed E-state index contributed by atoms with van der Waals surface area (Å²) in [7, 11) is 0. The number of rotatable bonds is 8. The number of fused-ring (bicyclic) bond motifs is 6. The fraction of sp³-hybridized carbons (Fsp3) is 0. The Kier molecular flexibility index (Phi) is 10.2. The van der Waals surface area contributed by atoms with Crippen LogP contribution in [0.1, 0.15) is 11.1 Å². The molecule has 0 saturated heterocycles. The third-order valence-corrected chi connectivity index (χ3v) is 13.4. The number of hydrogen-bond acceptors (Lipinski definition) is 3. The predicted octanol–water partition coefficient (Wildman–Crippen LogP) is 17.2. The number of anilines is 3. The Morgan fingerprint density at radius 3 is 1.32 bits per heavy atom. The molecule has 0 fully saturated rings. The number of hydrogen-bond donors (Lipinski definition) is 0. The van der Waals surface area contributed by atoms with Crippen LogP contribution in [-0.2, 0) is 0 Å². The molecule has 2 heterocycles. The fourth-order valence-electron chi connectivity index (χ4n) is 10.1. The van der Waals surface area contributed by atoms with Crippen molar-refractivity contribution < 1.29 is 0 Å². The maximum atomic E-state index is 10.3. The van der Waals surface area contributed by atoms with Crippen molar-refractivity contribution in [3.63, 3.8) is 0 Å². The van der Waals surface area contributed by atoms with E-state index in [9.17, 15) is 10.5 Å². The molecule has 0 saturated carbocycles. The second-order valence-electron chi connectivity index (χ2n) is 17.4. The first-order chi connectivity index (χ1) is 35.0. The fourth-order valence-corrected chi connectivity index (χ4v) is 10.1. The highest BCUT2D eigenvalue weighted by atomic mass is 15.1. The number of aromatic nitrogens is 2. The summed E-state index contributed by atoms with van der Waals surface area (Å²) in [5, 5.41) is 24.1. The zero-order chi connectivity index (χ0) is 48.0. The Bertz CT molecular complexity index is 4050. The molecule has 0 spiro atoms. The van der Waals surface area contributed by atoms with E-state index in [0.29, 0.717) is 33.9 Å². The molecule has 0 bridgehead atoms. The van der Waals surface area contributed by atoms with Gasteiger partial charge in [-0.3, -0.25) is 0 Å². The zero-order valence-electron chi connectivity index (χ0n) is 38.0. The Hall–Kier alpha value is -10.4. The van der Waals surface area contributed by atoms with E-state index < -0.39 is 0 Å². The van der Waals surface area contributed by atoms with Crippen LogP contribution in [0.2, 0.25) is 0 Å². The van der Waals surface area contributed by atoms with Gasteiger partial charge in [-0.15, -0.1) is 0 Å². The molecule has 0 atom stereocenters. The van der Waals surface area contributed by atoms with Gasteiger partial charge in [0.25, 0.3) is 0 Å². The summed E-state index contributed by atoms with van der Waals surface area (Å²) in [6.07, 6.45) is 0. The van der Waals surface area contributed by atoms with E-state index in [1.807, 2.05) is 42.5 Å². The van der Waals surface area contributed by atoms with Crippen LogP contribution in [0.25, 0.3) is 98.1 Å². The first kappa shape index (κ1) is 42.0. The molecule has 12 aromatic rings. The van der Waals surface area contributed by atoms with Crippen LogP contribution >= 0.6 is 0 Å². The van der Waals surface area contributed by atoms with Gasteiger partial charge in [-0.05, 0) is 124 Å². The van der Waals surface area contributed by atoms with Crippen molar-refractivity contribution in [3.05, 3.63) is 258 Å². The molecule has 0 aliphatic carbocycles. The monoisotopic (exact) mass is 903 g/mol. The van der Waals surface area contributed by atoms with Crippen LogP contribution in [0.3, 0.4) is 0 Å². The highest BCUT2D eigenvalue weighted by Crippen LogP contribution is 2.44. The smallest absolute Gasteiger partial charge is 0.211 e. The van der Waals surface area contributed by atoms with E-state index >= 15 is 0 Å². The molecule has 7 heteroatoms. The quantitative estimate of drug-likeness (QED) is 0.143. The molecule has 0 unspecified atom stereocenters. The predicted molar refractivity (Wildman–Crippen MR) is 288 cm³/mol. The Morgan fingerprint density at radius 2 is 0.817 bits per heavy atom. The Balaban J connectivity index is 0.992. The minimum Gasteiger partial charge on any atom is -0.319 e. The van der Waals surface area contributed by atoms with E-state index in [2.05, 4.69) is 194 Å². The average Bonchev–Trinajstić information content (AvgIpc) is 3.95. The molecule has 0 radical (unpaired) electrons. The summed E-state index contributed by atoms with van der Waals surface area (Å²) in [6.45, 7) is 15.7. The van der Waals surface area contributed by atoms with Crippen LogP contribution in [0.4, 0.5) is 28.4 Å². The van der Waals surface area contributed by atoms with Crippen molar-refractivity contribution >= 4 is 72.0 Å². The Morgan fingerprint density at radius 1 is 0.366 bits per heavy atom. The molecule has 328 valence electrons. The molecule has 2 aromatic heterocycles. The van der Waals surface area contributed by atoms with Crippen molar-refractivity contribution in [3.8, 4) is 56.9 Å². The van der Waals surface area contributed by atoms with E-state index in [4.69, 9.17) is 13.1 Å². The highest BCUT2D eigenvalue weighted by molar-refractivity contribution is 6.13. The molecular weight excluding hydrogens is 867 g/mol. The summed E-state index contributed by atoms with van der Waals surface area (Å²) in [5.41, 5.74) is 16.6. The van der Waals surface area contributed by atoms with Crippen molar-refractivity contribution in [1.29, 1.82) is 10.5 Å². The third-order valence-electron chi connectivity index (χ3n) is 13.4. The molecule has 71 heavy (non-hydrogen) atoms. The first-order valence-corrected chi connectivity index (χ1v) is 23.1. The van der Waals surface area contributed by atoms with Crippen molar-refractivity contribution in [2.75, 3.05) is 4.90 Å². The van der Waals surface area contributed by atoms with Crippen LogP contribution in [-0.4, -0.2) is 9.13 Å². The Labute approximate surface area is 410 Å². The maximum Gasteiger partial charge on any atom is 0.211 e. The lowest BCUT2D eigenvalue weighted by molar-refractivity contribution is 1.17. The molecule has 10 aromatic carbocycles. The van der Waals surface area contributed by atoms with Gasteiger partial charge in [-0.1, -0.05) is 133 Å². The van der Waals surface area contributed by atoms with Gasteiger partial charge < -0.3 is 14.0 Å². The summed E-state index contributed by atoms with van der Waals surface area (Å²) in [4.78, 5) is 9.73. The molecule has 12 rings (SSSR count). The molecular formula is C64H37N7. The zero-order valence-corrected chi connectivity index (χ0v) is 38.0. The average molecular weight is 904 g/mol. The standard InChI is InChI=1S/C64H37N7/c1-67-50-27-33-59(49(37-50)41-66)70-60-14-8-6-12-54(60)56-38-52(30-34-62(56)70)69(53-31-35-63-57(39-53)55-13-7-9-15-61(55)71(63)64-32-16-42(40-65)36-58(64)68-2)51-28-25-48(26-29-51)47-23-21-46(22-24-47)45-19-17-44(18-20-45)43-10-4-3-5-11-43/h3-39H. The normalized spacial score (nSPS) is 11.0. The summed E-state index contributed by atoms with van der Waals surface area (Å²) >= 11 is 0. The molecule has 0 aliphatic heterocycles. The number of para-hydroxylation sites is 2. The van der Waals surface area contributed by atoms with Gasteiger partial charge in [0.05, 0.1) is 64.3 Å². The lowest BCUT2D eigenvalue weighted by Crippen LogP contribution is -2.10. The lowest BCUT2D eigenvalue weighted by atomic mass is 9.98. The second-order valence-corrected chi connectivity index (χ2v) is 17.4. The van der Waals surface area contributed by atoms with E-state index in [1.54, 1.807) is 24.3 Å². The van der Waals surface area contributed by atoms with E-state index in [1.165, 1.54) is 11.1 Å². The highest BCUT2D eigenvalue weighted by Gasteiger charge is 2.22. The minimum absolute atomic E-state index is 0.404. The topological polar surface area (TPSA) is 69.4 Å². The summed E-state index contributed by atoms with van der Waals surface area (Å²) in [6, 6.07) is 81.0. The maximum absolute atomic E-state index is 10.3. The van der Waals surface area contributed by atoms with E-state index in [0.717, 1.165) is 82.9 Å². The van der Waals surface area contributed by atoms with Gasteiger partial charge in [-0.2, -0.15) is 10.5 Å². The lowest BCUT2D eigenvalue weighted by Gasteiger charge is -2.26. The third kappa shape index (κ3) is 7.20. The van der Waals surface area contributed by atoms with Crippen molar-refractivity contribution in [2.24, 2.45) is 0 Å². The van der Waals surface area contributed by atoms with Gasteiger partial charge in [-0.25, -0.2) is 9.69 Å². The van der Waals surface area contributed by atoms with Crippen LogP contribution in [0.5, 0.6) is 0 Å². The largest absolute Gasteiger partial charge is 0.319 e. The van der Waals surface area contributed by atoms with Crippen LogP contribution in [0, 0.1) is 35.8 Å². The first-order valence-electron chi connectivity index (χ1n) is 23.1. The second kappa shape index (κ2) is 17.3. The van der Waals surface area contributed by atoms with Crippen molar-refractivity contribution in [1.82, 2.24) is 9.13 Å². The van der Waals surface area contributed by atoms with Gasteiger partial charge in [0, 0.05) is 44.2 Å². The van der Waals surface area contributed by atoms with Gasteiger partial charge >= 0.3 is 0 Å². The van der Waals surface area contributed by atoms with Crippen LogP contribution in [0.15, 0.2) is 224 Å². The number of nitrogens with zero attached hydrogens (tertiary/aromatic N) is 7. The van der Waals surface area contributed by atoms with Gasteiger partial charge in [0.15, 0.2) is 5.69 Å². The van der Waals surface area contributed by atoms with E-state index in [-0.39, 0.29) is 0 Å². The molecule has 0 N–H and O–H groups in total. The summed E-state index contributed by atoms with van der Waals surface area (Å²) < 4.78 is 4.24. The number of nitriles is 2. The summed E-state index contributed by atoms with van der Waals surface area (Å²) in [5.74, 6) is 0. The molecule has 0 aliphatic rings. The SMILES string of the molecule is [C-]#[N+]c1ccc(-n2c3ccccc3c3cc(N(c4ccc(-c5ccc(-c6ccc(-c7ccccc7)cc6)cc5)cc4)c4ccc5c(c4)c4ccccc4n5-c4ccc(C#N)cc4[N+]#[C-])ccc32)c(C#N)c1.